The Morgan fingerprint density at radius 2 is 1.63 bits per heavy atom. The van der Waals surface area contributed by atoms with E-state index in [-0.39, 0.29) is 12.5 Å². The van der Waals surface area contributed by atoms with Crippen LogP contribution in [-0.4, -0.2) is 25.7 Å². The van der Waals surface area contributed by atoms with E-state index in [1.54, 1.807) is 0 Å². The second kappa shape index (κ2) is 9.62. The highest BCUT2D eigenvalue weighted by molar-refractivity contribution is 5.88. The molecule has 140 valence electrons. The number of carbonyl (C=O) groups excluding carboxylic acids is 1. The molecular weight excluding hydrogens is 338 g/mol. The number of amides is 1. The lowest BCUT2D eigenvalue weighted by molar-refractivity contribution is -0.123. The van der Waals surface area contributed by atoms with Crippen LogP contribution in [0, 0.1) is 0 Å². The van der Waals surface area contributed by atoms with Crippen LogP contribution in [0.1, 0.15) is 18.9 Å². The molecule has 0 fully saturated rings. The number of hydrogen-bond acceptors (Lipinski definition) is 3. The third kappa shape index (κ3) is 5.23. The monoisotopic (exact) mass is 363 g/mol. The average molecular weight is 363 g/mol. The standard InChI is InChI=1S/C23H25NO3/c1-2-26-21-14-6-4-10-19(21)12-8-16-24-23(25)17-27-22-15-7-11-18-9-3-5-13-20(18)22/h3-7,9-11,13-15H,2,8,12,16-17H2,1H3,(H,24,25). The van der Waals surface area contributed by atoms with Gasteiger partial charge >= 0.3 is 0 Å². The molecule has 1 amide bonds. The Morgan fingerprint density at radius 3 is 2.52 bits per heavy atom. The molecule has 0 spiro atoms. The van der Waals surface area contributed by atoms with Crippen molar-refractivity contribution in [2.45, 2.75) is 19.8 Å². The van der Waals surface area contributed by atoms with Gasteiger partial charge in [-0.1, -0.05) is 54.6 Å². The molecular formula is C23H25NO3. The third-order valence-electron chi connectivity index (χ3n) is 4.33. The van der Waals surface area contributed by atoms with Crippen LogP contribution in [0.2, 0.25) is 0 Å². The first-order valence-corrected chi connectivity index (χ1v) is 9.36. The van der Waals surface area contributed by atoms with Crippen LogP contribution in [0.5, 0.6) is 11.5 Å². The summed E-state index contributed by atoms with van der Waals surface area (Å²) in [6.07, 6.45) is 1.71. The number of hydrogen-bond donors (Lipinski definition) is 1. The summed E-state index contributed by atoms with van der Waals surface area (Å²) in [4.78, 5) is 12.1. The van der Waals surface area contributed by atoms with Gasteiger partial charge in [0.1, 0.15) is 11.5 Å². The SMILES string of the molecule is CCOc1ccccc1CCCNC(=O)COc1cccc2ccccc12. The van der Waals surface area contributed by atoms with Crippen LogP contribution in [0.4, 0.5) is 0 Å². The third-order valence-corrected chi connectivity index (χ3v) is 4.33. The average Bonchev–Trinajstić information content (AvgIpc) is 2.71. The maximum atomic E-state index is 12.1. The van der Waals surface area contributed by atoms with Crippen molar-refractivity contribution in [3.63, 3.8) is 0 Å². The van der Waals surface area contributed by atoms with Crippen LogP contribution in [0.3, 0.4) is 0 Å². The summed E-state index contributed by atoms with van der Waals surface area (Å²) in [5.41, 5.74) is 1.17. The molecule has 0 radical (unpaired) electrons. The normalized spacial score (nSPS) is 10.6. The fourth-order valence-corrected chi connectivity index (χ4v) is 3.03. The van der Waals surface area contributed by atoms with E-state index in [1.807, 2.05) is 67.6 Å². The van der Waals surface area contributed by atoms with Gasteiger partial charge in [-0.25, -0.2) is 0 Å². The zero-order valence-corrected chi connectivity index (χ0v) is 15.6. The van der Waals surface area contributed by atoms with E-state index in [1.165, 1.54) is 5.56 Å². The first kappa shape index (κ1) is 18.8. The molecule has 0 bridgehead atoms. The highest BCUT2D eigenvalue weighted by Gasteiger charge is 2.06. The molecule has 1 N–H and O–H groups in total. The van der Waals surface area contributed by atoms with Gasteiger partial charge in [0, 0.05) is 11.9 Å². The van der Waals surface area contributed by atoms with E-state index in [0.717, 1.165) is 35.1 Å². The van der Waals surface area contributed by atoms with E-state index in [2.05, 4.69) is 11.4 Å². The van der Waals surface area contributed by atoms with Crippen LogP contribution in [0.25, 0.3) is 10.8 Å². The second-order valence-electron chi connectivity index (χ2n) is 6.26. The predicted molar refractivity (Wildman–Crippen MR) is 108 cm³/mol. The van der Waals surface area contributed by atoms with E-state index >= 15 is 0 Å². The first-order valence-electron chi connectivity index (χ1n) is 9.36. The first-order chi connectivity index (χ1) is 13.3. The number of nitrogens with one attached hydrogen (secondary N) is 1. The molecule has 0 heterocycles. The molecule has 0 atom stereocenters. The highest BCUT2D eigenvalue weighted by Crippen LogP contribution is 2.25. The minimum Gasteiger partial charge on any atom is -0.494 e. The van der Waals surface area contributed by atoms with Gasteiger partial charge in [-0.3, -0.25) is 4.79 Å². The Labute approximate surface area is 160 Å². The number of benzene rings is 3. The molecule has 3 aromatic carbocycles. The summed E-state index contributed by atoms with van der Waals surface area (Å²) >= 11 is 0. The molecule has 4 nitrogen and oxygen atoms in total. The van der Waals surface area contributed by atoms with Crippen molar-refractivity contribution in [1.29, 1.82) is 0 Å². The number of carbonyl (C=O) groups is 1. The van der Waals surface area contributed by atoms with Gasteiger partial charge in [-0.15, -0.1) is 0 Å². The van der Waals surface area contributed by atoms with E-state index in [0.29, 0.717) is 13.2 Å². The summed E-state index contributed by atoms with van der Waals surface area (Å²) in [7, 11) is 0. The van der Waals surface area contributed by atoms with Crippen molar-refractivity contribution in [3.05, 3.63) is 72.3 Å². The van der Waals surface area contributed by atoms with Crippen molar-refractivity contribution in [3.8, 4) is 11.5 Å². The van der Waals surface area contributed by atoms with Gasteiger partial charge in [0.2, 0.25) is 0 Å². The molecule has 3 aromatic rings. The molecule has 3 rings (SSSR count). The Kier molecular flexibility index (Phi) is 6.69. The maximum absolute atomic E-state index is 12.1. The van der Waals surface area contributed by atoms with Gasteiger partial charge in [-0.05, 0) is 42.8 Å². The molecule has 0 aliphatic rings. The minimum absolute atomic E-state index is 0.0174. The molecule has 0 saturated carbocycles. The second-order valence-corrected chi connectivity index (χ2v) is 6.26. The van der Waals surface area contributed by atoms with Crippen LogP contribution in [-0.2, 0) is 11.2 Å². The molecule has 0 saturated heterocycles. The number of ether oxygens (including phenoxy) is 2. The van der Waals surface area contributed by atoms with Gasteiger partial charge in [-0.2, -0.15) is 0 Å². The summed E-state index contributed by atoms with van der Waals surface area (Å²) in [6.45, 7) is 3.26. The molecule has 0 aliphatic carbocycles. The fourth-order valence-electron chi connectivity index (χ4n) is 3.03. The zero-order chi connectivity index (χ0) is 18.9. The maximum Gasteiger partial charge on any atom is 0.257 e. The quantitative estimate of drug-likeness (QED) is 0.575. The summed E-state index contributed by atoms with van der Waals surface area (Å²) in [6, 6.07) is 21.9. The van der Waals surface area contributed by atoms with Crippen LogP contribution < -0.4 is 14.8 Å². The molecule has 4 heteroatoms. The van der Waals surface area contributed by atoms with E-state index in [4.69, 9.17) is 9.47 Å². The Morgan fingerprint density at radius 1 is 0.889 bits per heavy atom. The van der Waals surface area contributed by atoms with E-state index in [9.17, 15) is 4.79 Å². The van der Waals surface area contributed by atoms with Crippen molar-refractivity contribution in [2.24, 2.45) is 0 Å². The lowest BCUT2D eigenvalue weighted by atomic mass is 10.1. The molecule has 27 heavy (non-hydrogen) atoms. The van der Waals surface area contributed by atoms with Gasteiger partial charge < -0.3 is 14.8 Å². The lowest BCUT2D eigenvalue weighted by Crippen LogP contribution is -2.29. The number of para-hydroxylation sites is 1. The largest absolute Gasteiger partial charge is 0.494 e. The zero-order valence-electron chi connectivity index (χ0n) is 15.6. The number of fused-ring (bicyclic) bond motifs is 1. The number of aryl methyl sites for hydroxylation is 1. The van der Waals surface area contributed by atoms with Crippen LogP contribution in [0.15, 0.2) is 66.7 Å². The predicted octanol–water partition coefficient (Wildman–Crippen LogP) is 4.37. The Bertz CT molecular complexity index is 886. The Balaban J connectivity index is 1.44. The van der Waals surface area contributed by atoms with Crippen molar-refractivity contribution in [1.82, 2.24) is 5.32 Å². The summed E-state index contributed by atoms with van der Waals surface area (Å²) in [5.74, 6) is 1.54. The molecule has 0 unspecified atom stereocenters. The van der Waals surface area contributed by atoms with Gasteiger partial charge in [0.05, 0.1) is 6.61 Å². The molecule has 0 aliphatic heterocycles. The minimum atomic E-state index is -0.110. The topological polar surface area (TPSA) is 47.6 Å². The van der Waals surface area contributed by atoms with Crippen LogP contribution >= 0.6 is 0 Å². The van der Waals surface area contributed by atoms with Crippen molar-refractivity contribution in [2.75, 3.05) is 19.8 Å². The Hall–Kier alpha value is -3.01. The summed E-state index contributed by atoms with van der Waals surface area (Å²) < 4.78 is 11.3. The molecule has 0 aromatic heterocycles. The smallest absolute Gasteiger partial charge is 0.257 e. The van der Waals surface area contributed by atoms with Gasteiger partial charge in [0.25, 0.3) is 5.91 Å². The lowest BCUT2D eigenvalue weighted by Gasteiger charge is -2.11. The summed E-state index contributed by atoms with van der Waals surface area (Å²) in [5, 5.41) is 5.03. The van der Waals surface area contributed by atoms with E-state index < -0.39 is 0 Å². The van der Waals surface area contributed by atoms with Crippen molar-refractivity contribution < 1.29 is 14.3 Å². The highest BCUT2D eigenvalue weighted by atomic mass is 16.5. The number of rotatable bonds is 9. The fraction of sp³-hybridized carbons (Fsp3) is 0.261. The van der Waals surface area contributed by atoms with Gasteiger partial charge in [0.15, 0.2) is 6.61 Å². The van der Waals surface area contributed by atoms with Crippen molar-refractivity contribution >= 4 is 16.7 Å².